The Labute approximate surface area is 160 Å². The van der Waals surface area contributed by atoms with Gasteiger partial charge in [-0.2, -0.15) is 0 Å². The summed E-state index contributed by atoms with van der Waals surface area (Å²) in [5.41, 5.74) is 2.50. The molecule has 1 N–H and O–H groups in total. The second kappa shape index (κ2) is 8.71. The molecule has 0 saturated carbocycles. The summed E-state index contributed by atoms with van der Waals surface area (Å²) in [6, 6.07) is 15.3. The van der Waals surface area contributed by atoms with E-state index >= 15 is 0 Å². The second-order valence-electron chi connectivity index (χ2n) is 6.87. The Kier molecular flexibility index (Phi) is 6.12. The number of amides is 2. The highest BCUT2D eigenvalue weighted by Gasteiger charge is 2.25. The summed E-state index contributed by atoms with van der Waals surface area (Å²) in [5.74, 6) is 0.750. The van der Waals surface area contributed by atoms with Crippen LogP contribution in [0.5, 0.6) is 5.75 Å². The summed E-state index contributed by atoms with van der Waals surface area (Å²) in [7, 11) is 0. The SMILES string of the molecule is CCc1cccc(OC2CCN(C(=O)c3cccc(NC(C)=O)c3)CC2)c1. The van der Waals surface area contributed by atoms with Gasteiger partial charge in [0.1, 0.15) is 11.9 Å². The van der Waals surface area contributed by atoms with Crippen molar-refractivity contribution in [2.24, 2.45) is 0 Å². The largest absolute Gasteiger partial charge is 0.490 e. The third-order valence-corrected chi connectivity index (χ3v) is 4.77. The lowest BCUT2D eigenvalue weighted by Crippen LogP contribution is -2.41. The highest BCUT2D eigenvalue weighted by Crippen LogP contribution is 2.22. The van der Waals surface area contributed by atoms with Crippen molar-refractivity contribution in [3.8, 4) is 5.75 Å². The number of carbonyl (C=O) groups excluding carboxylic acids is 2. The van der Waals surface area contributed by atoms with Crippen LogP contribution in [-0.4, -0.2) is 35.9 Å². The fourth-order valence-electron chi connectivity index (χ4n) is 3.32. The zero-order valence-corrected chi connectivity index (χ0v) is 15.9. The van der Waals surface area contributed by atoms with Gasteiger partial charge in [-0.1, -0.05) is 25.1 Å². The first-order valence-electron chi connectivity index (χ1n) is 9.47. The minimum atomic E-state index is -0.148. The van der Waals surface area contributed by atoms with E-state index in [1.165, 1.54) is 12.5 Å². The minimum Gasteiger partial charge on any atom is -0.490 e. The van der Waals surface area contributed by atoms with Crippen LogP contribution in [0.2, 0.25) is 0 Å². The number of hydrogen-bond acceptors (Lipinski definition) is 3. The molecule has 1 saturated heterocycles. The summed E-state index contributed by atoms with van der Waals surface area (Å²) in [5, 5.41) is 2.72. The van der Waals surface area contributed by atoms with Crippen LogP contribution in [0.15, 0.2) is 48.5 Å². The zero-order chi connectivity index (χ0) is 19.2. The third kappa shape index (κ3) is 5.09. The molecule has 3 rings (SSSR count). The third-order valence-electron chi connectivity index (χ3n) is 4.77. The van der Waals surface area contributed by atoms with Crippen LogP contribution in [-0.2, 0) is 11.2 Å². The van der Waals surface area contributed by atoms with E-state index in [-0.39, 0.29) is 17.9 Å². The van der Waals surface area contributed by atoms with Crippen LogP contribution >= 0.6 is 0 Å². The van der Waals surface area contributed by atoms with Gasteiger partial charge in [0.15, 0.2) is 0 Å². The van der Waals surface area contributed by atoms with Gasteiger partial charge in [-0.05, 0) is 42.3 Å². The number of likely N-dealkylation sites (tertiary alicyclic amines) is 1. The van der Waals surface area contributed by atoms with Gasteiger partial charge in [0, 0.05) is 44.1 Å². The number of rotatable bonds is 5. The van der Waals surface area contributed by atoms with E-state index in [4.69, 9.17) is 4.74 Å². The highest BCUT2D eigenvalue weighted by molar-refractivity contribution is 5.96. The van der Waals surface area contributed by atoms with Crippen molar-refractivity contribution in [1.82, 2.24) is 4.90 Å². The molecule has 1 aliphatic rings. The summed E-state index contributed by atoms with van der Waals surface area (Å²) in [4.78, 5) is 25.8. The van der Waals surface area contributed by atoms with Crippen LogP contribution in [0.3, 0.4) is 0 Å². The highest BCUT2D eigenvalue weighted by atomic mass is 16.5. The number of aryl methyl sites for hydroxylation is 1. The maximum Gasteiger partial charge on any atom is 0.253 e. The second-order valence-corrected chi connectivity index (χ2v) is 6.87. The van der Waals surface area contributed by atoms with E-state index in [0.717, 1.165) is 25.0 Å². The Morgan fingerprint density at radius 3 is 2.56 bits per heavy atom. The molecule has 0 spiro atoms. The van der Waals surface area contributed by atoms with Gasteiger partial charge in [0.2, 0.25) is 5.91 Å². The number of carbonyl (C=O) groups is 2. The van der Waals surface area contributed by atoms with Gasteiger partial charge >= 0.3 is 0 Å². The zero-order valence-electron chi connectivity index (χ0n) is 15.9. The average Bonchev–Trinajstić information content (AvgIpc) is 2.68. The predicted molar refractivity (Wildman–Crippen MR) is 106 cm³/mol. The molecule has 1 fully saturated rings. The van der Waals surface area contributed by atoms with Crippen LogP contribution in [0.1, 0.15) is 42.6 Å². The maximum absolute atomic E-state index is 12.8. The first-order chi connectivity index (χ1) is 13.0. The lowest BCUT2D eigenvalue weighted by molar-refractivity contribution is -0.114. The number of anilines is 1. The molecular formula is C22H26N2O3. The minimum absolute atomic E-state index is 0.00590. The first kappa shape index (κ1) is 19.0. The van der Waals surface area contributed by atoms with Crippen molar-refractivity contribution in [3.63, 3.8) is 0 Å². The molecule has 2 amide bonds. The van der Waals surface area contributed by atoms with Gasteiger partial charge in [-0.25, -0.2) is 0 Å². The van der Waals surface area contributed by atoms with Gasteiger partial charge < -0.3 is 15.0 Å². The molecule has 2 aromatic carbocycles. The fraction of sp³-hybridized carbons (Fsp3) is 0.364. The monoisotopic (exact) mass is 366 g/mol. The number of benzene rings is 2. The van der Waals surface area contributed by atoms with Crippen molar-refractivity contribution < 1.29 is 14.3 Å². The van der Waals surface area contributed by atoms with E-state index in [1.807, 2.05) is 17.0 Å². The normalized spacial score (nSPS) is 14.7. The molecule has 27 heavy (non-hydrogen) atoms. The fourth-order valence-corrected chi connectivity index (χ4v) is 3.32. The van der Waals surface area contributed by atoms with Crippen molar-refractivity contribution >= 4 is 17.5 Å². The summed E-state index contributed by atoms with van der Waals surface area (Å²) in [6.07, 6.45) is 2.75. The number of hydrogen-bond donors (Lipinski definition) is 1. The Hall–Kier alpha value is -2.82. The molecule has 1 heterocycles. The molecule has 5 nitrogen and oxygen atoms in total. The van der Waals surface area contributed by atoms with Crippen LogP contribution in [0, 0.1) is 0 Å². The topological polar surface area (TPSA) is 58.6 Å². The molecule has 2 aromatic rings. The van der Waals surface area contributed by atoms with Crippen molar-refractivity contribution in [2.75, 3.05) is 18.4 Å². The van der Waals surface area contributed by atoms with Crippen molar-refractivity contribution in [3.05, 3.63) is 59.7 Å². The number of ether oxygens (including phenoxy) is 1. The molecule has 5 heteroatoms. The maximum atomic E-state index is 12.8. The van der Waals surface area contributed by atoms with Crippen molar-refractivity contribution in [1.29, 1.82) is 0 Å². The lowest BCUT2D eigenvalue weighted by Gasteiger charge is -2.32. The van der Waals surface area contributed by atoms with Crippen LogP contribution < -0.4 is 10.1 Å². The molecule has 0 aliphatic carbocycles. The first-order valence-corrected chi connectivity index (χ1v) is 9.47. The summed E-state index contributed by atoms with van der Waals surface area (Å²) < 4.78 is 6.11. The predicted octanol–water partition coefficient (Wildman–Crippen LogP) is 3.89. The molecule has 142 valence electrons. The van der Waals surface area contributed by atoms with E-state index in [9.17, 15) is 9.59 Å². The Balaban J connectivity index is 1.57. The van der Waals surface area contributed by atoms with E-state index < -0.39 is 0 Å². The Bertz CT molecular complexity index is 811. The summed E-state index contributed by atoms with van der Waals surface area (Å²) in [6.45, 7) is 4.92. The van der Waals surface area contributed by atoms with Gasteiger partial charge in [-0.15, -0.1) is 0 Å². The van der Waals surface area contributed by atoms with E-state index in [2.05, 4.69) is 24.4 Å². The standard InChI is InChI=1S/C22H26N2O3/c1-3-17-6-4-9-21(14-17)27-20-10-12-24(13-11-20)22(26)18-7-5-8-19(15-18)23-16(2)25/h4-9,14-15,20H,3,10-13H2,1-2H3,(H,23,25). The molecule has 0 unspecified atom stereocenters. The molecule has 1 aliphatic heterocycles. The number of piperidine rings is 1. The van der Waals surface area contributed by atoms with Crippen LogP contribution in [0.4, 0.5) is 5.69 Å². The number of nitrogens with zero attached hydrogens (tertiary/aromatic N) is 1. The van der Waals surface area contributed by atoms with Gasteiger partial charge in [-0.3, -0.25) is 9.59 Å². The van der Waals surface area contributed by atoms with Crippen LogP contribution in [0.25, 0.3) is 0 Å². The quantitative estimate of drug-likeness (QED) is 0.873. The Morgan fingerprint density at radius 2 is 1.85 bits per heavy atom. The summed E-state index contributed by atoms with van der Waals surface area (Å²) >= 11 is 0. The molecule has 0 radical (unpaired) electrons. The van der Waals surface area contributed by atoms with Crippen molar-refractivity contribution in [2.45, 2.75) is 39.2 Å². The van der Waals surface area contributed by atoms with E-state index in [1.54, 1.807) is 24.3 Å². The number of nitrogens with one attached hydrogen (secondary N) is 1. The van der Waals surface area contributed by atoms with E-state index in [0.29, 0.717) is 24.3 Å². The van der Waals surface area contributed by atoms with Gasteiger partial charge in [0.25, 0.3) is 5.91 Å². The smallest absolute Gasteiger partial charge is 0.253 e. The molecule has 0 aromatic heterocycles. The Morgan fingerprint density at radius 1 is 1.11 bits per heavy atom. The molecule has 0 atom stereocenters. The average molecular weight is 366 g/mol. The molecule has 0 bridgehead atoms. The molecular weight excluding hydrogens is 340 g/mol. The lowest BCUT2D eigenvalue weighted by atomic mass is 10.1. The van der Waals surface area contributed by atoms with Gasteiger partial charge in [0.05, 0.1) is 0 Å².